The molecule has 146 valence electrons. The molecule has 1 aromatic heterocycles. The molecule has 0 radical (unpaired) electrons. The summed E-state index contributed by atoms with van der Waals surface area (Å²) in [6.07, 6.45) is 3.27. The van der Waals surface area contributed by atoms with Crippen molar-refractivity contribution in [3.8, 4) is 5.75 Å². The lowest BCUT2D eigenvalue weighted by atomic mass is 10.2. The maximum atomic E-state index is 10.3. The topological polar surface area (TPSA) is 61.7 Å². The van der Waals surface area contributed by atoms with Gasteiger partial charge in [-0.3, -0.25) is 0 Å². The summed E-state index contributed by atoms with van der Waals surface area (Å²) in [5.74, 6) is 1.32. The molecule has 0 bridgehead atoms. The average Bonchev–Trinajstić information content (AvgIpc) is 3.10. The first-order valence-electron chi connectivity index (χ1n) is 9.02. The van der Waals surface area contributed by atoms with Crippen LogP contribution in [-0.2, 0) is 0 Å². The van der Waals surface area contributed by atoms with Gasteiger partial charge in [0, 0.05) is 31.9 Å². The van der Waals surface area contributed by atoms with Gasteiger partial charge >= 0.3 is 0 Å². The molecule has 27 heavy (non-hydrogen) atoms. The number of rotatable bonds is 8. The molecule has 0 spiro atoms. The van der Waals surface area contributed by atoms with E-state index < -0.39 is 6.10 Å². The number of benzene rings is 1. The molecule has 1 aliphatic heterocycles. The van der Waals surface area contributed by atoms with Gasteiger partial charge in [-0.1, -0.05) is 29.3 Å². The summed E-state index contributed by atoms with van der Waals surface area (Å²) in [5.41, 5.74) is 0. The van der Waals surface area contributed by atoms with Gasteiger partial charge in [0.25, 0.3) is 0 Å². The number of anilines is 1. The van der Waals surface area contributed by atoms with E-state index in [-0.39, 0.29) is 6.61 Å². The normalized spacial score (nSPS) is 18.1. The number of hydrogen-bond acceptors (Lipinski definition) is 6. The highest BCUT2D eigenvalue weighted by molar-refractivity contribution is 6.37. The Balaban J connectivity index is 1.49. The second-order valence-electron chi connectivity index (χ2n) is 6.81. The van der Waals surface area contributed by atoms with E-state index in [2.05, 4.69) is 20.0 Å². The Bertz CT molecular complexity index is 715. The van der Waals surface area contributed by atoms with Crippen molar-refractivity contribution in [2.24, 2.45) is 0 Å². The van der Waals surface area contributed by atoms with Gasteiger partial charge in [0.1, 0.15) is 12.7 Å². The fourth-order valence-corrected chi connectivity index (χ4v) is 3.93. The lowest BCUT2D eigenvalue weighted by molar-refractivity contribution is 0.0749. The number of likely N-dealkylation sites (N-methyl/N-ethyl adjacent to an activating group) is 1. The third-order valence-corrected chi connectivity index (χ3v) is 5.21. The molecule has 0 amide bonds. The zero-order chi connectivity index (χ0) is 19.2. The van der Waals surface area contributed by atoms with Crippen LogP contribution in [0.1, 0.15) is 12.8 Å². The Morgan fingerprint density at radius 1 is 1.30 bits per heavy atom. The van der Waals surface area contributed by atoms with Crippen molar-refractivity contribution < 1.29 is 9.84 Å². The maximum absolute atomic E-state index is 10.3. The number of halogens is 2. The number of aliphatic hydroxyl groups is 1. The third kappa shape index (κ3) is 5.45. The maximum Gasteiger partial charge on any atom is 0.156 e. The van der Waals surface area contributed by atoms with Gasteiger partial charge in [-0.15, -0.1) is 5.10 Å². The fourth-order valence-electron chi connectivity index (χ4n) is 3.42. The van der Waals surface area contributed by atoms with Crippen LogP contribution in [0.25, 0.3) is 0 Å². The first-order chi connectivity index (χ1) is 13.0. The van der Waals surface area contributed by atoms with E-state index in [1.165, 1.54) is 0 Å². The van der Waals surface area contributed by atoms with Crippen LogP contribution in [0.4, 0.5) is 5.82 Å². The smallest absolute Gasteiger partial charge is 0.156 e. The molecule has 6 nitrogen and oxygen atoms in total. The van der Waals surface area contributed by atoms with Crippen LogP contribution in [0.15, 0.2) is 36.5 Å². The molecule has 1 fully saturated rings. The van der Waals surface area contributed by atoms with Gasteiger partial charge in [-0.25, -0.2) is 0 Å². The minimum Gasteiger partial charge on any atom is -0.488 e. The number of aliphatic hydroxyl groups excluding tert-OH is 1. The van der Waals surface area contributed by atoms with Gasteiger partial charge in [0.2, 0.25) is 0 Å². The molecular weight excluding hydrogens is 387 g/mol. The van der Waals surface area contributed by atoms with Crippen molar-refractivity contribution in [3.05, 3.63) is 46.6 Å². The molecule has 8 heteroatoms. The number of hydrogen-bond donors (Lipinski definition) is 1. The molecule has 3 rings (SSSR count). The van der Waals surface area contributed by atoms with Crippen LogP contribution >= 0.6 is 23.2 Å². The third-order valence-electron chi connectivity index (χ3n) is 4.61. The van der Waals surface area contributed by atoms with Gasteiger partial charge < -0.3 is 19.6 Å². The summed E-state index contributed by atoms with van der Waals surface area (Å²) < 4.78 is 5.62. The summed E-state index contributed by atoms with van der Waals surface area (Å²) in [7, 11) is 2.00. The Labute approximate surface area is 169 Å². The van der Waals surface area contributed by atoms with E-state index in [1.807, 2.05) is 19.2 Å². The first kappa shape index (κ1) is 20.1. The van der Waals surface area contributed by atoms with Crippen molar-refractivity contribution in [2.45, 2.75) is 25.0 Å². The zero-order valence-electron chi connectivity index (χ0n) is 15.3. The molecule has 0 aliphatic carbocycles. The van der Waals surface area contributed by atoms with Crippen LogP contribution in [0.2, 0.25) is 10.0 Å². The Hall–Kier alpha value is -1.60. The van der Waals surface area contributed by atoms with Gasteiger partial charge in [0.05, 0.1) is 10.0 Å². The average molecular weight is 411 g/mol. The Kier molecular flexibility index (Phi) is 7.13. The Morgan fingerprint density at radius 3 is 2.78 bits per heavy atom. The van der Waals surface area contributed by atoms with Crippen LogP contribution in [0.3, 0.4) is 0 Å². The zero-order valence-corrected chi connectivity index (χ0v) is 16.8. The second-order valence-corrected chi connectivity index (χ2v) is 7.62. The van der Waals surface area contributed by atoms with Crippen molar-refractivity contribution >= 4 is 29.0 Å². The largest absolute Gasteiger partial charge is 0.488 e. The molecule has 0 saturated carbocycles. The lowest BCUT2D eigenvalue weighted by Gasteiger charge is -2.30. The predicted molar refractivity (Wildman–Crippen MR) is 108 cm³/mol. The number of ether oxygens (including phenoxy) is 1. The summed E-state index contributed by atoms with van der Waals surface area (Å²) >= 11 is 12.2. The second kappa shape index (κ2) is 9.55. The van der Waals surface area contributed by atoms with E-state index in [9.17, 15) is 5.11 Å². The Morgan fingerprint density at radius 2 is 2.07 bits per heavy atom. The minimum atomic E-state index is -0.645. The minimum absolute atomic E-state index is 0.131. The first-order valence-corrected chi connectivity index (χ1v) is 9.78. The molecule has 1 saturated heterocycles. The number of para-hydroxylation sites is 1. The van der Waals surface area contributed by atoms with Crippen molar-refractivity contribution in [3.63, 3.8) is 0 Å². The van der Waals surface area contributed by atoms with Crippen LogP contribution in [0, 0.1) is 0 Å². The monoisotopic (exact) mass is 410 g/mol. The van der Waals surface area contributed by atoms with Gasteiger partial charge in [0.15, 0.2) is 11.6 Å². The molecular formula is C19H24Cl2N4O2. The van der Waals surface area contributed by atoms with E-state index in [4.69, 9.17) is 27.9 Å². The van der Waals surface area contributed by atoms with Crippen LogP contribution in [0.5, 0.6) is 5.75 Å². The summed E-state index contributed by atoms with van der Waals surface area (Å²) in [6, 6.07) is 9.43. The summed E-state index contributed by atoms with van der Waals surface area (Å²) in [4.78, 5) is 4.40. The number of aromatic nitrogens is 2. The molecule has 2 atom stereocenters. The van der Waals surface area contributed by atoms with Crippen molar-refractivity contribution in [2.75, 3.05) is 38.2 Å². The van der Waals surface area contributed by atoms with E-state index in [0.29, 0.717) is 28.4 Å². The van der Waals surface area contributed by atoms with Crippen molar-refractivity contribution in [1.29, 1.82) is 0 Å². The fraction of sp³-hybridized carbons (Fsp3) is 0.474. The van der Waals surface area contributed by atoms with Gasteiger partial charge in [-0.05, 0) is 44.2 Å². The summed E-state index contributed by atoms with van der Waals surface area (Å²) in [6.45, 7) is 2.44. The molecule has 1 aromatic carbocycles. The molecule has 1 N–H and O–H groups in total. The molecule has 1 aliphatic rings. The van der Waals surface area contributed by atoms with Gasteiger partial charge in [-0.2, -0.15) is 5.10 Å². The summed E-state index contributed by atoms with van der Waals surface area (Å²) in [5, 5.41) is 19.4. The van der Waals surface area contributed by atoms with E-state index >= 15 is 0 Å². The van der Waals surface area contributed by atoms with Crippen molar-refractivity contribution in [1.82, 2.24) is 15.1 Å². The van der Waals surface area contributed by atoms with Crippen LogP contribution in [-0.4, -0.2) is 65.6 Å². The molecule has 2 aromatic rings. The lowest BCUT2D eigenvalue weighted by Crippen LogP contribution is -2.42. The highest BCUT2D eigenvalue weighted by atomic mass is 35.5. The molecule has 2 heterocycles. The SMILES string of the molecule is CN(CC(O)COc1c(Cl)cccc1Cl)CC1CCCN1c1cccnn1. The van der Waals surface area contributed by atoms with Crippen LogP contribution < -0.4 is 9.64 Å². The predicted octanol–water partition coefficient (Wildman–Crippen LogP) is 3.12. The highest BCUT2D eigenvalue weighted by Crippen LogP contribution is 2.32. The highest BCUT2D eigenvalue weighted by Gasteiger charge is 2.27. The van der Waals surface area contributed by atoms with E-state index in [1.54, 1.807) is 24.4 Å². The standard InChI is InChI=1S/C19H24Cl2N4O2/c1-24(11-14-5-4-10-25(14)18-8-3-9-22-23-18)12-15(26)13-27-19-16(20)6-2-7-17(19)21/h2-3,6-9,14-15,26H,4-5,10-13H2,1H3. The number of nitrogens with zero attached hydrogens (tertiary/aromatic N) is 4. The quantitative estimate of drug-likeness (QED) is 0.720. The van der Waals surface area contributed by atoms with E-state index in [0.717, 1.165) is 31.7 Å². The molecule has 2 unspecified atom stereocenters.